The summed E-state index contributed by atoms with van der Waals surface area (Å²) in [5.74, 6) is 0.355. The van der Waals surface area contributed by atoms with Gasteiger partial charge in [-0.15, -0.1) is 0 Å². The second-order valence-electron chi connectivity index (χ2n) is 3.76. The largest absolute Gasteiger partial charge is 0.315 e. The summed E-state index contributed by atoms with van der Waals surface area (Å²) in [7, 11) is -3.30. The van der Waals surface area contributed by atoms with Crippen molar-refractivity contribution in [1.82, 2.24) is 14.8 Å². The smallest absolute Gasteiger partial charge is 0.277 e. The highest BCUT2D eigenvalue weighted by molar-refractivity contribution is 7.87. The summed E-state index contributed by atoms with van der Waals surface area (Å²) in [4.78, 5) is 0. The van der Waals surface area contributed by atoms with E-state index in [4.69, 9.17) is 0 Å². The zero-order valence-electron chi connectivity index (χ0n) is 8.71. The lowest BCUT2D eigenvalue weighted by atomic mass is 10.1. The van der Waals surface area contributed by atoms with E-state index in [0.717, 1.165) is 13.0 Å². The lowest BCUT2D eigenvalue weighted by Crippen LogP contribution is -2.45. The molecule has 2 unspecified atom stereocenters. The van der Waals surface area contributed by atoms with E-state index in [0.29, 0.717) is 19.0 Å². The minimum absolute atomic E-state index is 0.0179. The topological polar surface area (TPSA) is 70.2 Å². The maximum atomic E-state index is 11.4. The average Bonchev–Trinajstić information content (AvgIpc) is 2.48. The normalized spacial score (nSPS) is 28.1. The van der Waals surface area contributed by atoms with Gasteiger partial charge < -0.3 is 5.32 Å². The standard InChI is InChI=1S/C8H19N3O2S/c1-3-4-10-14(12,13)11-8-6-9-5-7(8)2/h7-11H,3-6H2,1-2H3. The molecular weight excluding hydrogens is 202 g/mol. The van der Waals surface area contributed by atoms with Crippen molar-refractivity contribution < 1.29 is 8.42 Å². The van der Waals surface area contributed by atoms with Gasteiger partial charge in [-0.1, -0.05) is 13.8 Å². The lowest BCUT2D eigenvalue weighted by molar-refractivity contribution is 0.495. The molecule has 0 saturated carbocycles. The van der Waals surface area contributed by atoms with Crippen LogP contribution in [0.25, 0.3) is 0 Å². The molecule has 6 heteroatoms. The average molecular weight is 221 g/mol. The molecule has 14 heavy (non-hydrogen) atoms. The van der Waals surface area contributed by atoms with E-state index in [2.05, 4.69) is 14.8 Å². The highest BCUT2D eigenvalue weighted by Crippen LogP contribution is 2.07. The van der Waals surface area contributed by atoms with E-state index in [1.54, 1.807) is 0 Å². The van der Waals surface area contributed by atoms with E-state index in [1.807, 2.05) is 13.8 Å². The Labute approximate surface area is 85.8 Å². The molecule has 0 radical (unpaired) electrons. The fourth-order valence-electron chi connectivity index (χ4n) is 1.45. The van der Waals surface area contributed by atoms with Crippen molar-refractivity contribution in [2.24, 2.45) is 5.92 Å². The van der Waals surface area contributed by atoms with Gasteiger partial charge in [-0.3, -0.25) is 0 Å². The van der Waals surface area contributed by atoms with Crippen LogP contribution in [0.1, 0.15) is 20.3 Å². The monoisotopic (exact) mass is 221 g/mol. The van der Waals surface area contributed by atoms with Crippen LogP contribution in [-0.2, 0) is 10.2 Å². The molecule has 1 aliphatic rings. The van der Waals surface area contributed by atoms with Crippen LogP contribution >= 0.6 is 0 Å². The van der Waals surface area contributed by atoms with Crippen molar-refractivity contribution in [3.8, 4) is 0 Å². The summed E-state index contributed by atoms with van der Waals surface area (Å²) in [6.45, 7) is 6.05. The van der Waals surface area contributed by atoms with Gasteiger partial charge in [0, 0.05) is 19.1 Å². The predicted molar refractivity (Wildman–Crippen MR) is 56.2 cm³/mol. The third-order valence-corrected chi connectivity index (χ3v) is 3.56. The molecule has 1 rings (SSSR count). The molecule has 0 bridgehead atoms. The van der Waals surface area contributed by atoms with Gasteiger partial charge in [0.15, 0.2) is 0 Å². The molecule has 1 fully saturated rings. The summed E-state index contributed by atoms with van der Waals surface area (Å²) in [6.07, 6.45) is 0.805. The van der Waals surface area contributed by atoms with Gasteiger partial charge >= 0.3 is 0 Å². The first-order valence-corrected chi connectivity index (χ1v) is 6.51. The van der Waals surface area contributed by atoms with Crippen molar-refractivity contribution in [3.05, 3.63) is 0 Å². The van der Waals surface area contributed by atoms with Gasteiger partial charge in [-0.2, -0.15) is 13.1 Å². The Kier molecular flexibility index (Phi) is 4.31. The molecule has 1 saturated heterocycles. The fourth-order valence-corrected chi connectivity index (χ4v) is 2.72. The molecular formula is C8H19N3O2S. The minimum atomic E-state index is -3.30. The number of rotatable bonds is 5. The Morgan fingerprint density at radius 1 is 1.43 bits per heavy atom. The first-order valence-electron chi connectivity index (χ1n) is 5.03. The first-order chi connectivity index (χ1) is 6.55. The number of nitrogens with one attached hydrogen (secondary N) is 3. The SMILES string of the molecule is CCCNS(=O)(=O)NC1CNCC1C. The third kappa shape index (κ3) is 3.53. The maximum Gasteiger partial charge on any atom is 0.277 e. The number of hydrogen-bond acceptors (Lipinski definition) is 3. The molecule has 0 aromatic heterocycles. The van der Waals surface area contributed by atoms with E-state index in [1.165, 1.54) is 0 Å². The first kappa shape index (κ1) is 11.9. The highest BCUT2D eigenvalue weighted by Gasteiger charge is 2.26. The second kappa shape index (κ2) is 5.06. The van der Waals surface area contributed by atoms with Crippen LogP contribution in [0.2, 0.25) is 0 Å². The molecule has 5 nitrogen and oxygen atoms in total. The Morgan fingerprint density at radius 2 is 2.14 bits per heavy atom. The Hall–Kier alpha value is -0.170. The molecule has 0 aliphatic carbocycles. The van der Waals surface area contributed by atoms with Gasteiger partial charge in [-0.25, -0.2) is 4.72 Å². The van der Waals surface area contributed by atoms with Crippen LogP contribution in [0.15, 0.2) is 0 Å². The van der Waals surface area contributed by atoms with Crippen LogP contribution in [0.3, 0.4) is 0 Å². The molecule has 1 aliphatic heterocycles. The Balaban J connectivity index is 2.42. The molecule has 84 valence electrons. The summed E-state index contributed by atoms with van der Waals surface area (Å²) in [5.41, 5.74) is 0. The molecule has 3 N–H and O–H groups in total. The number of hydrogen-bond donors (Lipinski definition) is 3. The molecule has 0 aromatic carbocycles. The molecule has 0 amide bonds. The summed E-state index contributed by atoms with van der Waals surface area (Å²) in [6, 6.07) is 0.0179. The summed E-state index contributed by atoms with van der Waals surface area (Å²) >= 11 is 0. The molecule has 0 aromatic rings. The van der Waals surface area contributed by atoms with Gasteiger partial charge in [0.05, 0.1) is 0 Å². The Bertz CT molecular complexity index is 266. The highest BCUT2D eigenvalue weighted by atomic mass is 32.2. The van der Waals surface area contributed by atoms with Crippen LogP contribution < -0.4 is 14.8 Å². The third-order valence-electron chi connectivity index (χ3n) is 2.37. The lowest BCUT2D eigenvalue weighted by Gasteiger charge is -2.16. The van der Waals surface area contributed by atoms with Gasteiger partial charge in [-0.05, 0) is 18.9 Å². The summed E-state index contributed by atoms with van der Waals surface area (Å²) in [5, 5.41) is 3.15. The summed E-state index contributed by atoms with van der Waals surface area (Å²) < 4.78 is 28.0. The van der Waals surface area contributed by atoms with Crippen LogP contribution in [-0.4, -0.2) is 34.1 Å². The van der Waals surface area contributed by atoms with Gasteiger partial charge in [0.25, 0.3) is 10.2 Å². The fraction of sp³-hybridized carbons (Fsp3) is 1.00. The van der Waals surface area contributed by atoms with E-state index < -0.39 is 10.2 Å². The van der Waals surface area contributed by atoms with Crippen molar-refractivity contribution in [2.75, 3.05) is 19.6 Å². The maximum absolute atomic E-state index is 11.4. The Morgan fingerprint density at radius 3 is 2.64 bits per heavy atom. The van der Waals surface area contributed by atoms with Gasteiger partial charge in [0.2, 0.25) is 0 Å². The van der Waals surface area contributed by atoms with Crippen LogP contribution in [0, 0.1) is 5.92 Å². The predicted octanol–water partition coefficient (Wildman–Crippen LogP) is -0.572. The second-order valence-corrected chi connectivity index (χ2v) is 5.29. The van der Waals surface area contributed by atoms with E-state index >= 15 is 0 Å². The van der Waals surface area contributed by atoms with E-state index in [9.17, 15) is 8.42 Å². The van der Waals surface area contributed by atoms with Gasteiger partial charge in [0.1, 0.15) is 0 Å². The zero-order chi connectivity index (χ0) is 10.6. The van der Waals surface area contributed by atoms with Crippen molar-refractivity contribution in [2.45, 2.75) is 26.3 Å². The molecule has 1 heterocycles. The minimum Gasteiger partial charge on any atom is -0.315 e. The quantitative estimate of drug-likeness (QED) is 0.582. The molecule has 2 atom stereocenters. The van der Waals surface area contributed by atoms with Crippen LogP contribution in [0.4, 0.5) is 0 Å². The van der Waals surface area contributed by atoms with Crippen molar-refractivity contribution >= 4 is 10.2 Å². The zero-order valence-corrected chi connectivity index (χ0v) is 9.52. The van der Waals surface area contributed by atoms with Crippen molar-refractivity contribution in [3.63, 3.8) is 0 Å². The van der Waals surface area contributed by atoms with E-state index in [-0.39, 0.29) is 6.04 Å². The van der Waals surface area contributed by atoms with Crippen LogP contribution in [0.5, 0.6) is 0 Å². The molecule has 0 spiro atoms. The van der Waals surface area contributed by atoms with Crippen molar-refractivity contribution in [1.29, 1.82) is 0 Å².